The van der Waals surface area contributed by atoms with Gasteiger partial charge >= 0.3 is 6.01 Å². The summed E-state index contributed by atoms with van der Waals surface area (Å²) in [6.07, 6.45) is 4.20. The summed E-state index contributed by atoms with van der Waals surface area (Å²) in [6, 6.07) is 8.92. The van der Waals surface area contributed by atoms with Crippen LogP contribution >= 0.6 is 0 Å². The Kier molecular flexibility index (Phi) is 4.46. The second-order valence-electron chi connectivity index (χ2n) is 7.24. The minimum atomic E-state index is 0.338. The number of ether oxygens (including phenoxy) is 1. The molecule has 1 aliphatic carbocycles. The topological polar surface area (TPSA) is 82.1 Å². The number of nitrogens with two attached hydrogens (primary N) is 1. The molecule has 2 heterocycles. The van der Waals surface area contributed by atoms with Crippen molar-refractivity contribution < 1.29 is 4.74 Å². The fraction of sp³-hybridized carbons (Fsp3) is 0.421. The van der Waals surface area contributed by atoms with Crippen molar-refractivity contribution >= 4 is 17.0 Å². The van der Waals surface area contributed by atoms with Crippen LogP contribution in [0, 0.1) is 5.92 Å². The van der Waals surface area contributed by atoms with Gasteiger partial charge in [-0.3, -0.25) is 0 Å². The van der Waals surface area contributed by atoms with Gasteiger partial charge in [-0.25, -0.2) is 4.98 Å². The molecule has 0 radical (unpaired) electrons. The molecular weight excluding hydrogens is 328 g/mol. The molecule has 2 aromatic heterocycles. The van der Waals surface area contributed by atoms with E-state index < -0.39 is 0 Å². The van der Waals surface area contributed by atoms with Crippen molar-refractivity contribution in [2.24, 2.45) is 5.92 Å². The second-order valence-corrected chi connectivity index (χ2v) is 7.24. The number of nitrogens with zero attached hydrogens (tertiary/aromatic N) is 5. The molecule has 4 rings (SSSR count). The minimum absolute atomic E-state index is 0.338. The molecule has 3 aromatic rings. The maximum Gasteiger partial charge on any atom is 0.320 e. The molecule has 1 fully saturated rings. The van der Waals surface area contributed by atoms with Crippen LogP contribution in [0.25, 0.3) is 11.2 Å². The van der Waals surface area contributed by atoms with Gasteiger partial charge in [0, 0.05) is 6.54 Å². The molecule has 26 heavy (non-hydrogen) atoms. The lowest BCUT2D eigenvalue weighted by atomic mass is 10.1. The average Bonchev–Trinajstić information content (AvgIpc) is 3.35. The highest BCUT2D eigenvalue weighted by atomic mass is 16.5. The van der Waals surface area contributed by atoms with Crippen molar-refractivity contribution in [3.05, 3.63) is 41.7 Å². The highest BCUT2D eigenvalue weighted by Gasteiger charge is 2.23. The zero-order chi connectivity index (χ0) is 18.1. The normalized spacial score (nSPS) is 14.3. The second kappa shape index (κ2) is 6.92. The van der Waals surface area contributed by atoms with Crippen molar-refractivity contribution in [2.45, 2.75) is 25.9 Å². The number of hydrogen-bond donors (Lipinski definition) is 1. The van der Waals surface area contributed by atoms with Crippen LogP contribution in [0.15, 0.2) is 30.6 Å². The van der Waals surface area contributed by atoms with E-state index in [-0.39, 0.29) is 0 Å². The van der Waals surface area contributed by atoms with Gasteiger partial charge in [0.15, 0.2) is 17.0 Å². The van der Waals surface area contributed by atoms with Crippen LogP contribution in [-0.4, -0.2) is 45.1 Å². The zero-order valence-corrected chi connectivity index (χ0v) is 15.2. The van der Waals surface area contributed by atoms with Crippen molar-refractivity contribution in [3.63, 3.8) is 0 Å². The van der Waals surface area contributed by atoms with Gasteiger partial charge in [0.1, 0.15) is 0 Å². The van der Waals surface area contributed by atoms with E-state index in [0.717, 1.165) is 6.54 Å². The molecule has 2 N–H and O–H groups in total. The molecule has 0 saturated heterocycles. The molecular formula is C19H24N6O. The molecule has 0 spiro atoms. The highest BCUT2D eigenvalue weighted by Crippen LogP contribution is 2.29. The van der Waals surface area contributed by atoms with E-state index in [0.29, 0.717) is 42.1 Å². The molecule has 0 bridgehead atoms. The maximum absolute atomic E-state index is 6.04. The zero-order valence-electron chi connectivity index (χ0n) is 15.2. The molecule has 0 aliphatic heterocycles. The quantitative estimate of drug-likeness (QED) is 0.703. The first-order valence-electron chi connectivity index (χ1n) is 8.92. The van der Waals surface area contributed by atoms with Gasteiger partial charge in [-0.2, -0.15) is 9.97 Å². The first kappa shape index (κ1) is 16.8. The predicted octanol–water partition coefficient (Wildman–Crippen LogP) is 2.31. The van der Waals surface area contributed by atoms with Crippen LogP contribution in [0.1, 0.15) is 24.0 Å². The number of benzene rings is 1. The third-order valence-corrected chi connectivity index (χ3v) is 4.49. The number of nitrogen functional groups attached to an aromatic ring is 1. The van der Waals surface area contributed by atoms with E-state index in [2.05, 4.69) is 58.2 Å². The van der Waals surface area contributed by atoms with E-state index in [1.807, 2.05) is 4.57 Å². The first-order chi connectivity index (χ1) is 12.6. The van der Waals surface area contributed by atoms with E-state index in [4.69, 9.17) is 10.5 Å². The van der Waals surface area contributed by atoms with Crippen molar-refractivity contribution in [1.82, 2.24) is 24.4 Å². The Morgan fingerprint density at radius 1 is 1.15 bits per heavy atom. The van der Waals surface area contributed by atoms with Gasteiger partial charge in [-0.05, 0) is 44.0 Å². The highest BCUT2D eigenvalue weighted by molar-refractivity contribution is 5.81. The fourth-order valence-corrected chi connectivity index (χ4v) is 2.91. The Bertz CT molecular complexity index is 898. The number of fused-ring (bicyclic) bond motifs is 1. The number of imidazole rings is 1. The Morgan fingerprint density at radius 3 is 2.58 bits per heavy atom. The van der Waals surface area contributed by atoms with Crippen molar-refractivity contribution in [3.8, 4) is 6.01 Å². The minimum Gasteiger partial charge on any atom is -0.463 e. The van der Waals surface area contributed by atoms with Gasteiger partial charge in [0.25, 0.3) is 0 Å². The number of rotatable bonds is 7. The monoisotopic (exact) mass is 352 g/mol. The Hall–Kier alpha value is -2.67. The SMILES string of the molecule is CN(C)Cc1ccc(Cn2cnc3c(N)nc(OCC4CC4)nc32)cc1. The summed E-state index contributed by atoms with van der Waals surface area (Å²) in [5.74, 6) is 1.00. The largest absolute Gasteiger partial charge is 0.463 e. The molecule has 0 atom stereocenters. The molecule has 7 heteroatoms. The van der Waals surface area contributed by atoms with Crippen LogP contribution in [0.4, 0.5) is 5.82 Å². The number of hydrogen-bond acceptors (Lipinski definition) is 6. The maximum atomic E-state index is 6.04. The molecule has 0 amide bonds. The Balaban J connectivity index is 1.55. The van der Waals surface area contributed by atoms with E-state index in [1.54, 1.807) is 6.33 Å². The summed E-state index contributed by atoms with van der Waals surface area (Å²) < 4.78 is 7.68. The Labute approximate surface area is 152 Å². The van der Waals surface area contributed by atoms with E-state index in [1.165, 1.54) is 24.0 Å². The van der Waals surface area contributed by atoms with Gasteiger partial charge in [-0.1, -0.05) is 24.3 Å². The molecule has 1 aliphatic rings. The number of aromatic nitrogens is 4. The van der Waals surface area contributed by atoms with Gasteiger partial charge in [0.05, 0.1) is 19.5 Å². The van der Waals surface area contributed by atoms with Crippen LogP contribution in [-0.2, 0) is 13.1 Å². The van der Waals surface area contributed by atoms with Crippen LogP contribution in [0.3, 0.4) is 0 Å². The molecule has 7 nitrogen and oxygen atoms in total. The summed E-state index contributed by atoms with van der Waals surface area (Å²) in [5, 5.41) is 0. The molecule has 1 aromatic carbocycles. The molecule has 0 unspecified atom stereocenters. The summed E-state index contributed by atoms with van der Waals surface area (Å²) in [5.41, 5.74) is 9.84. The fourth-order valence-electron chi connectivity index (χ4n) is 2.91. The van der Waals surface area contributed by atoms with Gasteiger partial charge in [-0.15, -0.1) is 0 Å². The van der Waals surface area contributed by atoms with Crippen molar-refractivity contribution in [2.75, 3.05) is 26.4 Å². The smallest absolute Gasteiger partial charge is 0.320 e. The summed E-state index contributed by atoms with van der Waals surface area (Å²) in [6.45, 7) is 2.27. The summed E-state index contributed by atoms with van der Waals surface area (Å²) in [4.78, 5) is 15.3. The Morgan fingerprint density at radius 2 is 1.88 bits per heavy atom. The van der Waals surface area contributed by atoms with Gasteiger partial charge in [0.2, 0.25) is 0 Å². The van der Waals surface area contributed by atoms with Crippen molar-refractivity contribution in [1.29, 1.82) is 0 Å². The van der Waals surface area contributed by atoms with Gasteiger partial charge < -0.3 is 19.9 Å². The predicted molar refractivity (Wildman–Crippen MR) is 101 cm³/mol. The lowest BCUT2D eigenvalue weighted by Gasteiger charge is -2.10. The van der Waals surface area contributed by atoms with Crippen LogP contribution in [0.5, 0.6) is 6.01 Å². The summed E-state index contributed by atoms with van der Waals surface area (Å²) in [7, 11) is 4.14. The van der Waals surface area contributed by atoms with E-state index >= 15 is 0 Å². The van der Waals surface area contributed by atoms with E-state index in [9.17, 15) is 0 Å². The third-order valence-electron chi connectivity index (χ3n) is 4.49. The molecule has 136 valence electrons. The lowest BCUT2D eigenvalue weighted by molar-refractivity contribution is 0.277. The average molecular weight is 352 g/mol. The number of anilines is 1. The third kappa shape index (κ3) is 3.77. The lowest BCUT2D eigenvalue weighted by Crippen LogP contribution is -2.10. The van der Waals surface area contributed by atoms with Crippen LogP contribution < -0.4 is 10.5 Å². The molecule has 1 saturated carbocycles. The standard InChI is InChI=1S/C19H24N6O/c1-24(2)9-13-3-5-14(6-4-13)10-25-12-21-16-17(20)22-19(23-18(16)25)26-11-15-7-8-15/h3-6,12,15H,7-11H2,1-2H3,(H2,20,22,23). The summed E-state index contributed by atoms with van der Waals surface area (Å²) >= 11 is 0. The first-order valence-corrected chi connectivity index (χ1v) is 8.92. The van der Waals surface area contributed by atoms with Crippen LogP contribution in [0.2, 0.25) is 0 Å².